The number of methoxy groups -OCH3 is 1. The molecule has 0 aliphatic heterocycles. The van der Waals surface area contributed by atoms with Gasteiger partial charge in [-0.05, 0) is 45.0 Å². The van der Waals surface area contributed by atoms with E-state index in [0.29, 0.717) is 30.2 Å². The second kappa shape index (κ2) is 9.43. The predicted octanol–water partition coefficient (Wildman–Crippen LogP) is 3.40. The number of carbonyl (C=O) groups excluding carboxylic acids is 2. The van der Waals surface area contributed by atoms with E-state index in [1.807, 2.05) is 55.7 Å². The Bertz CT molecular complexity index is 1040. The van der Waals surface area contributed by atoms with Crippen molar-refractivity contribution in [2.24, 2.45) is 0 Å². The molecule has 3 aromatic rings. The second-order valence-electron chi connectivity index (χ2n) is 7.01. The highest BCUT2D eigenvalue weighted by atomic mass is 16.5. The summed E-state index contributed by atoms with van der Waals surface area (Å²) in [5, 5.41) is 2.99. The summed E-state index contributed by atoms with van der Waals surface area (Å²) in [6.45, 7) is 7.27. The number of rotatable bonds is 8. The minimum atomic E-state index is -0.403. The highest BCUT2D eigenvalue weighted by Crippen LogP contribution is 2.23. The Morgan fingerprint density at radius 3 is 2.47 bits per heavy atom. The first-order valence-electron chi connectivity index (χ1n) is 10.2. The molecule has 2 amide bonds. The average molecular weight is 409 g/mol. The summed E-state index contributed by atoms with van der Waals surface area (Å²) in [6.07, 6.45) is 0. The van der Waals surface area contributed by atoms with Crippen molar-refractivity contribution < 1.29 is 14.3 Å². The molecule has 158 valence electrons. The largest absolute Gasteiger partial charge is 0.496 e. The third kappa shape index (κ3) is 4.30. The molecular formula is C23H28N4O3. The fourth-order valence-corrected chi connectivity index (χ4v) is 3.57. The molecule has 1 heterocycles. The van der Waals surface area contributed by atoms with E-state index in [9.17, 15) is 9.59 Å². The van der Waals surface area contributed by atoms with Crippen molar-refractivity contribution in [2.45, 2.75) is 33.4 Å². The van der Waals surface area contributed by atoms with Crippen molar-refractivity contribution in [3.63, 3.8) is 0 Å². The van der Waals surface area contributed by atoms with Crippen LogP contribution in [0.4, 0.5) is 0 Å². The van der Waals surface area contributed by atoms with Gasteiger partial charge in [-0.1, -0.05) is 24.3 Å². The van der Waals surface area contributed by atoms with Crippen LogP contribution in [0.5, 0.6) is 5.75 Å². The van der Waals surface area contributed by atoms with Crippen LogP contribution in [0.15, 0.2) is 48.5 Å². The molecule has 0 radical (unpaired) electrons. The number of para-hydroxylation sites is 3. The molecule has 0 saturated heterocycles. The molecule has 0 aliphatic rings. The third-order valence-corrected chi connectivity index (χ3v) is 5.18. The van der Waals surface area contributed by atoms with Crippen molar-refractivity contribution in [3.05, 3.63) is 59.9 Å². The van der Waals surface area contributed by atoms with Gasteiger partial charge in [-0.2, -0.15) is 0 Å². The average Bonchev–Trinajstić information content (AvgIpc) is 3.13. The summed E-state index contributed by atoms with van der Waals surface area (Å²) >= 11 is 0. The van der Waals surface area contributed by atoms with Gasteiger partial charge in [-0.25, -0.2) is 4.98 Å². The van der Waals surface area contributed by atoms with Gasteiger partial charge in [0.2, 0.25) is 5.91 Å². The Morgan fingerprint density at radius 2 is 1.77 bits per heavy atom. The number of carbonyl (C=O) groups is 2. The number of fused-ring (bicyclic) bond motifs is 1. The summed E-state index contributed by atoms with van der Waals surface area (Å²) < 4.78 is 7.19. The fourth-order valence-electron chi connectivity index (χ4n) is 3.57. The molecule has 1 atom stereocenters. The minimum absolute atomic E-state index is 0.0210. The zero-order chi connectivity index (χ0) is 21.7. The van der Waals surface area contributed by atoms with Crippen molar-refractivity contribution in [1.82, 2.24) is 19.8 Å². The van der Waals surface area contributed by atoms with Crippen LogP contribution in [0, 0.1) is 0 Å². The normalized spacial score (nSPS) is 11.9. The number of benzene rings is 2. The maximum atomic E-state index is 12.9. The van der Waals surface area contributed by atoms with Crippen LogP contribution in [0.1, 0.15) is 43.0 Å². The van der Waals surface area contributed by atoms with Crippen LogP contribution >= 0.6 is 0 Å². The Balaban J connectivity index is 1.92. The van der Waals surface area contributed by atoms with Gasteiger partial charge in [0.25, 0.3) is 5.91 Å². The van der Waals surface area contributed by atoms with Crippen LogP contribution in [0.25, 0.3) is 11.0 Å². The highest BCUT2D eigenvalue weighted by molar-refractivity contribution is 5.97. The molecule has 0 spiro atoms. The van der Waals surface area contributed by atoms with E-state index in [1.54, 1.807) is 23.1 Å². The number of aromatic nitrogens is 2. The van der Waals surface area contributed by atoms with Crippen molar-refractivity contribution in [1.29, 1.82) is 0 Å². The van der Waals surface area contributed by atoms with Crippen LogP contribution in [0.3, 0.4) is 0 Å². The summed E-state index contributed by atoms with van der Waals surface area (Å²) in [7, 11) is 1.54. The van der Waals surface area contributed by atoms with Crippen LogP contribution in [0.2, 0.25) is 0 Å². The monoisotopic (exact) mass is 408 g/mol. The Morgan fingerprint density at radius 1 is 1.10 bits per heavy atom. The van der Waals surface area contributed by atoms with Gasteiger partial charge in [-0.15, -0.1) is 0 Å². The van der Waals surface area contributed by atoms with Gasteiger partial charge < -0.3 is 19.5 Å². The van der Waals surface area contributed by atoms with Gasteiger partial charge in [0, 0.05) is 13.1 Å². The fraction of sp³-hybridized carbons (Fsp3) is 0.348. The van der Waals surface area contributed by atoms with Crippen molar-refractivity contribution >= 4 is 22.8 Å². The molecule has 7 nitrogen and oxygen atoms in total. The van der Waals surface area contributed by atoms with E-state index in [1.165, 1.54) is 7.11 Å². The molecule has 0 saturated carbocycles. The SMILES string of the molecule is CCN(CC)C(=O)Cn1c(C(C)NC(=O)c2ccccc2OC)nc2ccccc21. The molecule has 1 unspecified atom stereocenters. The Kier molecular flexibility index (Phi) is 6.72. The van der Waals surface area contributed by atoms with Gasteiger partial charge in [0.15, 0.2) is 0 Å². The highest BCUT2D eigenvalue weighted by Gasteiger charge is 2.22. The van der Waals surface area contributed by atoms with E-state index in [0.717, 1.165) is 11.0 Å². The summed E-state index contributed by atoms with van der Waals surface area (Å²) in [5.74, 6) is 0.911. The zero-order valence-electron chi connectivity index (χ0n) is 17.9. The number of nitrogens with one attached hydrogen (secondary N) is 1. The minimum Gasteiger partial charge on any atom is -0.496 e. The predicted molar refractivity (Wildman–Crippen MR) is 117 cm³/mol. The lowest BCUT2D eigenvalue weighted by Gasteiger charge is -2.21. The van der Waals surface area contributed by atoms with Crippen LogP contribution in [-0.4, -0.2) is 46.5 Å². The number of hydrogen-bond acceptors (Lipinski definition) is 4. The summed E-state index contributed by atoms with van der Waals surface area (Å²) in [6, 6.07) is 14.3. The van der Waals surface area contributed by atoms with E-state index in [-0.39, 0.29) is 18.4 Å². The maximum absolute atomic E-state index is 12.9. The molecular weight excluding hydrogens is 380 g/mol. The lowest BCUT2D eigenvalue weighted by Crippen LogP contribution is -2.35. The number of likely N-dealkylation sites (N-methyl/N-ethyl adjacent to an activating group) is 1. The van der Waals surface area contributed by atoms with Crippen molar-refractivity contribution in [2.75, 3.05) is 20.2 Å². The number of imidazole rings is 1. The van der Waals surface area contributed by atoms with Gasteiger partial charge in [0.05, 0.1) is 29.7 Å². The van der Waals surface area contributed by atoms with E-state index < -0.39 is 6.04 Å². The van der Waals surface area contributed by atoms with E-state index in [4.69, 9.17) is 9.72 Å². The first-order chi connectivity index (χ1) is 14.5. The van der Waals surface area contributed by atoms with E-state index in [2.05, 4.69) is 5.32 Å². The number of amides is 2. The molecule has 3 rings (SSSR count). The topological polar surface area (TPSA) is 76.5 Å². The zero-order valence-corrected chi connectivity index (χ0v) is 17.9. The standard InChI is InChI=1S/C23H28N4O3/c1-5-26(6-2)21(28)15-27-19-13-9-8-12-18(19)25-22(27)16(3)24-23(29)17-11-7-10-14-20(17)30-4/h7-14,16H,5-6,15H2,1-4H3,(H,24,29). The van der Waals surface area contributed by atoms with Gasteiger partial charge in [0.1, 0.15) is 18.1 Å². The van der Waals surface area contributed by atoms with Crippen LogP contribution in [-0.2, 0) is 11.3 Å². The molecule has 1 N–H and O–H groups in total. The van der Waals surface area contributed by atoms with Gasteiger partial charge in [-0.3, -0.25) is 9.59 Å². The smallest absolute Gasteiger partial charge is 0.255 e. The first kappa shape index (κ1) is 21.4. The maximum Gasteiger partial charge on any atom is 0.255 e. The molecule has 30 heavy (non-hydrogen) atoms. The lowest BCUT2D eigenvalue weighted by molar-refractivity contribution is -0.131. The molecule has 0 fully saturated rings. The molecule has 1 aromatic heterocycles. The third-order valence-electron chi connectivity index (χ3n) is 5.18. The van der Waals surface area contributed by atoms with Gasteiger partial charge >= 0.3 is 0 Å². The Hall–Kier alpha value is -3.35. The molecule has 0 bridgehead atoms. The first-order valence-corrected chi connectivity index (χ1v) is 10.2. The number of ether oxygens (including phenoxy) is 1. The lowest BCUT2D eigenvalue weighted by atomic mass is 10.1. The summed E-state index contributed by atoms with van der Waals surface area (Å²) in [4.78, 5) is 32.1. The number of hydrogen-bond donors (Lipinski definition) is 1. The number of nitrogens with zero attached hydrogens (tertiary/aromatic N) is 3. The van der Waals surface area contributed by atoms with E-state index >= 15 is 0 Å². The Labute approximate surface area is 176 Å². The molecule has 7 heteroatoms. The second-order valence-corrected chi connectivity index (χ2v) is 7.01. The van der Waals surface area contributed by atoms with Crippen LogP contribution < -0.4 is 10.1 Å². The molecule has 0 aliphatic carbocycles. The quantitative estimate of drug-likeness (QED) is 0.620. The molecule has 2 aromatic carbocycles. The van der Waals surface area contributed by atoms with Crippen molar-refractivity contribution in [3.8, 4) is 5.75 Å². The summed E-state index contributed by atoms with van der Waals surface area (Å²) in [5.41, 5.74) is 2.11.